The SMILES string of the molecule is Cc1nc(N(C)CCN(C)C)c2c(n1)C1(CC2)CCN(Cc2ccccc2)CC1.O=CO.O=CO. The Morgan fingerprint density at radius 1 is 0.971 bits per heavy atom. The maximum absolute atomic E-state index is 8.36. The number of piperidine rings is 1. The molecule has 0 unspecified atom stereocenters. The van der Waals surface area contributed by atoms with E-state index < -0.39 is 0 Å². The van der Waals surface area contributed by atoms with E-state index in [0.29, 0.717) is 0 Å². The van der Waals surface area contributed by atoms with Crippen molar-refractivity contribution in [3.8, 4) is 0 Å². The fourth-order valence-corrected chi connectivity index (χ4v) is 4.97. The Morgan fingerprint density at radius 3 is 2.14 bits per heavy atom. The zero-order valence-electron chi connectivity index (χ0n) is 21.4. The molecule has 1 aromatic carbocycles. The second-order valence-electron chi connectivity index (χ2n) is 9.40. The van der Waals surface area contributed by atoms with Crippen LogP contribution < -0.4 is 4.90 Å². The number of likely N-dealkylation sites (tertiary alicyclic amines) is 1. The lowest BCUT2D eigenvalue weighted by atomic mass is 9.76. The lowest BCUT2D eigenvalue weighted by Gasteiger charge is -2.39. The van der Waals surface area contributed by atoms with Crippen LogP contribution in [0, 0.1) is 6.92 Å². The zero-order valence-corrected chi connectivity index (χ0v) is 21.4. The van der Waals surface area contributed by atoms with E-state index in [4.69, 9.17) is 29.8 Å². The number of carboxylic acid groups (broad SMARTS) is 2. The molecule has 9 nitrogen and oxygen atoms in total. The van der Waals surface area contributed by atoms with Gasteiger partial charge in [0, 0.05) is 37.7 Å². The Labute approximate surface area is 208 Å². The third kappa shape index (κ3) is 7.73. The van der Waals surface area contributed by atoms with Gasteiger partial charge in [0.1, 0.15) is 11.6 Å². The van der Waals surface area contributed by atoms with Crippen LogP contribution in [0.4, 0.5) is 5.82 Å². The van der Waals surface area contributed by atoms with Crippen LogP contribution in [0.3, 0.4) is 0 Å². The van der Waals surface area contributed by atoms with Gasteiger partial charge in [-0.3, -0.25) is 14.5 Å². The minimum Gasteiger partial charge on any atom is -0.483 e. The second-order valence-corrected chi connectivity index (χ2v) is 9.40. The van der Waals surface area contributed by atoms with Crippen LogP contribution in [0.25, 0.3) is 0 Å². The van der Waals surface area contributed by atoms with Gasteiger partial charge in [0.25, 0.3) is 12.9 Å². The molecular formula is C26H39N5O4. The van der Waals surface area contributed by atoms with Crippen molar-refractivity contribution in [2.75, 3.05) is 52.2 Å². The molecule has 2 aliphatic rings. The molecule has 0 saturated carbocycles. The van der Waals surface area contributed by atoms with E-state index in [0.717, 1.165) is 50.8 Å². The molecule has 1 aliphatic carbocycles. The summed E-state index contributed by atoms with van der Waals surface area (Å²) in [7, 11) is 6.43. The average Bonchev–Trinajstić information content (AvgIpc) is 3.18. The van der Waals surface area contributed by atoms with Gasteiger partial charge in [0.15, 0.2) is 0 Å². The fraction of sp³-hybridized carbons (Fsp3) is 0.538. The molecule has 0 bridgehead atoms. The molecule has 1 spiro atoms. The zero-order chi connectivity index (χ0) is 25.8. The number of anilines is 1. The molecule has 9 heteroatoms. The van der Waals surface area contributed by atoms with Gasteiger partial charge in [-0.15, -0.1) is 0 Å². The molecule has 1 aromatic heterocycles. The number of fused-ring (bicyclic) bond motifs is 2. The first-order valence-electron chi connectivity index (χ1n) is 12.0. The van der Waals surface area contributed by atoms with Gasteiger partial charge in [-0.2, -0.15) is 0 Å². The number of aromatic nitrogens is 2. The van der Waals surface area contributed by atoms with E-state index in [1.807, 2.05) is 0 Å². The van der Waals surface area contributed by atoms with Crippen LogP contribution in [0.1, 0.15) is 41.9 Å². The smallest absolute Gasteiger partial charge is 0.290 e. The quantitative estimate of drug-likeness (QED) is 0.597. The van der Waals surface area contributed by atoms with Crippen molar-refractivity contribution in [1.29, 1.82) is 0 Å². The van der Waals surface area contributed by atoms with Crippen LogP contribution in [-0.4, -0.2) is 90.2 Å². The first-order chi connectivity index (χ1) is 16.8. The maximum atomic E-state index is 8.36. The second kappa shape index (κ2) is 13.7. The van der Waals surface area contributed by atoms with Crippen molar-refractivity contribution in [2.45, 2.75) is 44.6 Å². The summed E-state index contributed by atoms with van der Waals surface area (Å²) in [6, 6.07) is 10.9. The van der Waals surface area contributed by atoms with Gasteiger partial charge in [0.2, 0.25) is 0 Å². The molecule has 1 aliphatic heterocycles. The summed E-state index contributed by atoms with van der Waals surface area (Å²) in [4.78, 5) is 33.8. The van der Waals surface area contributed by atoms with E-state index in [-0.39, 0.29) is 18.4 Å². The van der Waals surface area contributed by atoms with Crippen molar-refractivity contribution < 1.29 is 19.8 Å². The van der Waals surface area contributed by atoms with E-state index in [9.17, 15) is 0 Å². The lowest BCUT2D eigenvalue weighted by Crippen LogP contribution is -2.41. The normalized spacial score (nSPS) is 15.9. The Morgan fingerprint density at radius 2 is 1.57 bits per heavy atom. The van der Waals surface area contributed by atoms with Crippen molar-refractivity contribution >= 4 is 18.8 Å². The predicted molar refractivity (Wildman–Crippen MR) is 137 cm³/mol. The summed E-state index contributed by atoms with van der Waals surface area (Å²) in [6.07, 6.45) is 4.78. The van der Waals surface area contributed by atoms with E-state index in [2.05, 4.69) is 73.1 Å². The summed E-state index contributed by atoms with van der Waals surface area (Å²) in [6.45, 7) is 6.96. The first kappa shape index (κ1) is 28.2. The molecule has 1 fully saturated rings. The largest absolute Gasteiger partial charge is 0.483 e. The fourth-order valence-electron chi connectivity index (χ4n) is 4.97. The summed E-state index contributed by atoms with van der Waals surface area (Å²) >= 11 is 0. The molecule has 35 heavy (non-hydrogen) atoms. The number of carbonyl (C=O) groups is 2. The van der Waals surface area contributed by atoms with E-state index in [1.54, 1.807) is 0 Å². The highest BCUT2D eigenvalue weighted by molar-refractivity contribution is 5.53. The molecule has 2 aromatic rings. The third-order valence-electron chi connectivity index (χ3n) is 6.76. The van der Waals surface area contributed by atoms with Crippen LogP contribution in [0.15, 0.2) is 30.3 Å². The van der Waals surface area contributed by atoms with E-state index in [1.165, 1.54) is 36.1 Å². The van der Waals surface area contributed by atoms with Gasteiger partial charge in [0.05, 0.1) is 5.69 Å². The minimum atomic E-state index is -0.250. The minimum absolute atomic E-state index is 0.250. The molecular weight excluding hydrogens is 446 g/mol. The topological polar surface area (TPSA) is 110 Å². The molecule has 192 valence electrons. The van der Waals surface area contributed by atoms with Crippen LogP contribution in [-0.2, 0) is 28.0 Å². The maximum Gasteiger partial charge on any atom is 0.290 e. The van der Waals surface area contributed by atoms with Crippen LogP contribution in [0.5, 0.6) is 0 Å². The Kier molecular flexibility index (Phi) is 11.1. The number of hydrogen-bond acceptors (Lipinski definition) is 7. The summed E-state index contributed by atoms with van der Waals surface area (Å²) < 4.78 is 0. The Balaban J connectivity index is 0.000000655. The number of aryl methyl sites for hydroxylation is 1. The highest BCUT2D eigenvalue weighted by atomic mass is 16.3. The number of likely N-dealkylation sites (N-methyl/N-ethyl adjacent to an activating group) is 2. The van der Waals surface area contributed by atoms with Crippen molar-refractivity contribution in [1.82, 2.24) is 19.8 Å². The average molecular weight is 486 g/mol. The third-order valence-corrected chi connectivity index (χ3v) is 6.76. The molecule has 2 heterocycles. The molecule has 0 atom stereocenters. The first-order valence-corrected chi connectivity index (χ1v) is 12.0. The molecule has 0 amide bonds. The van der Waals surface area contributed by atoms with Crippen LogP contribution in [0.2, 0.25) is 0 Å². The summed E-state index contributed by atoms with van der Waals surface area (Å²) in [5, 5.41) is 13.8. The van der Waals surface area contributed by atoms with E-state index >= 15 is 0 Å². The highest BCUT2D eigenvalue weighted by Gasteiger charge is 2.44. The van der Waals surface area contributed by atoms with Crippen molar-refractivity contribution in [3.63, 3.8) is 0 Å². The number of nitrogens with zero attached hydrogens (tertiary/aromatic N) is 5. The lowest BCUT2D eigenvalue weighted by molar-refractivity contribution is -0.123. The van der Waals surface area contributed by atoms with Gasteiger partial charge in [-0.1, -0.05) is 30.3 Å². The number of hydrogen-bond donors (Lipinski definition) is 2. The van der Waals surface area contributed by atoms with Gasteiger partial charge in [-0.25, -0.2) is 9.97 Å². The highest BCUT2D eigenvalue weighted by Crippen LogP contribution is 2.47. The van der Waals surface area contributed by atoms with Crippen molar-refractivity contribution in [2.24, 2.45) is 0 Å². The summed E-state index contributed by atoms with van der Waals surface area (Å²) in [5.74, 6) is 2.08. The molecule has 2 N–H and O–H groups in total. The molecule has 0 radical (unpaired) electrons. The number of benzene rings is 1. The van der Waals surface area contributed by atoms with Crippen LogP contribution >= 0.6 is 0 Å². The van der Waals surface area contributed by atoms with Gasteiger partial charge >= 0.3 is 0 Å². The van der Waals surface area contributed by atoms with Crippen molar-refractivity contribution in [3.05, 3.63) is 53.0 Å². The van der Waals surface area contributed by atoms with Gasteiger partial charge < -0.3 is 20.0 Å². The monoisotopic (exact) mass is 485 g/mol. The number of rotatable bonds is 6. The summed E-state index contributed by atoms with van der Waals surface area (Å²) in [5.41, 5.74) is 4.44. The Bertz CT molecular complexity index is 925. The predicted octanol–water partition coefficient (Wildman–Crippen LogP) is 2.66. The van der Waals surface area contributed by atoms with Gasteiger partial charge in [-0.05, 0) is 65.4 Å². The molecule has 4 rings (SSSR count). The molecule has 1 saturated heterocycles. The standard InChI is InChI=1S/C24H35N5.2CH2O2/c1-19-25-22-21(23(26-19)28(4)17-16-27(2)3)10-11-24(22)12-14-29(15-13-24)18-20-8-6-5-7-9-20;2*2-1-3/h5-9H,10-18H2,1-4H3;2*1H,(H,2,3). The Hall–Kier alpha value is -3.04.